The molecule has 0 radical (unpaired) electrons. The number of para-hydroxylation sites is 1. The standard InChI is InChI=1S/C22H18ClNO2/c1-26-22(25)24-14-15-8-2-3-9-16(15)21(17-10-4-6-12-19(17)23)18-11-5-7-13-20(18)24/h2-13,21H,14H2,1H3. The van der Waals surface area contributed by atoms with E-state index in [1.54, 1.807) is 4.90 Å². The molecular formula is C22H18ClNO2. The van der Waals surface area contributed by atoms with Gasteiger partial charge in [-0.25, -0.2) is 4.79 Å². The van der Waals surface area contributed by atoms with Crippen LogP contribution in [0.15, 0.2) is 72.8 Å². The van der Waals surface area contributed by atoms with E-state index in [0.29, 0.717) is 11.6 Å². The molecule has 1 amide bonds. The molecule has 0 fully saturated rings. The lowest BCUT2D eigenvalue weighted by molar-refractivity contribution is 0.178. The number of fused-ring (bicyclic) bond motifs is 2. The SMILES string of the molecule is COC(=O)N1Cc2ccccc2C(c2ccccc2Cl)c2ccccc21. The minimum atomic E-state index is -0.368. The van der Waals surface area contributed by atoms with E-state index in [4.69, 9.17) is 16.3 Å². The number of carbonyl (C=O) groups is 1. The summed E-state index contributed by atoms with van der Waals surface area (Å²) in [4.78, 5) is 14.2. The predicted octanol–water partition coefficient (Wildman–Crippen LogP) is 5.61. The quantitative estimate of drug-likeness (QED) is 0.562. The van der Waals surface area contributed by atoms with Crippen molar-refractivity contribution in [2.75, 3.05) is 12.0 Å². The Morgan fingerprint density at radius 1 is 0.923 bits per heavy atom. The van der Waals surface area contributed by atoms with Crippen LogP contribution in [0.5, 0.6) is 0 Å². The van der Waals surface area contributed by atoms with Crippen molar-refractivity contribution in [3.05, 3.63) is 100 Å². The molecule has 1 unspecified atom stereocenters. The van der Waals surface area contributed by atoms with E-state index in [0.717, 1.165) is 27.9 Å². The third kappa shape index (κ3) is 2.74. The van der Waals surface area contributed by atoms with Crippen LogP contribution in [0.2, 0.25) is 5.02 Å². The van der Waals surface area contributed by atoms with Crippen LogP contribution in [-0.2, 0) is 11.3 Å². The molecule has 4 rings (SSSR count). The monoisotopic (exact) mass is 363 g/mol. The summed E-state index contributed by atoms with van der Waals surface area (Å²) in [6.45, 7) is 0.459. The average molecular weight is 364 g/mol. The minimum absolute atomic E-state index is 0.0502. The fourth-order valence-corrected chi connectivity index (χ4v) is 3.92. The maximum atomic E-state index is 12.5. The highest BCUT2D eigenvalue weighted by Crippen LogP contribution is 2.44. The van der Waals surface area contributed by atoms with Crippen LogP contribution in [0, 0.1) is 0 Å². The Hall–Kier alpha value is -2.78. The van der Waals surface area contributed by atoms with Crippen molar-refractivity contribution in [1.29, 1.82) is 0 Å². The fourth-order valence-electron chi connectivity index (χ4n) is 3.68. The van der Waals surface area contributed by atoms with Crippen LogP contribution in [0.4, 0.5) is 10.5 Å². The van der Waals surface area contributed by atoms with E-state index in [2.05, 4.69) is 18.2 Å². The summed E-state index contributed by atoms with van der Waals surface area (Å²) in [7, 11) is 1.41. The summed E-state index contributed by atoms with van der Waals surface area (Å²) in [5.41, 5.74) is 5.15. The first-order chi connectivity index (χ1) is 12.7. The zero-order valence-corrected chi connectivity index (χ0v) is 15.1. The molecule has 4 heteroatoms. The summed E-state index contributed by atoms with van der Waals surface area (Å²) in [6, 6.07) is 24.0. The first kappa shape index (κ1) is 16.7. The molecule has 3 aromatic rings. The number of amides is 1. The van der Waals surface area contributed by atoms with E-state index in [-0.39, 0.29) is 12.0 Å². The van der Waals surface area contributed by atoms with E-state index in [1.165, 1.54) is 7.11 Å². The number of halogens is 1. The Morgan fingerprint density at radius 3 is 2.27 bits per heavy atom. The van der Waals surface area contributed by atoms with Crippen LogP contribution < -0.4 is 4.90 Å². The van der Waals surface area contributed by atoms with Gasteiger partial charge in [-0.3, -0.25) is 4.90 Å². The normalized spacial score (nSPS) is 15.6. The molecule has 1 aliphatic rings. The molecule has 0 spiro atoms. The lowest BCUT2D eigenvalue weighted by Gasteiger charge is -2.23. The molecule has 3 nitrogen and oxygen atoms in total. The van der Waals surface area contributed by atoms with Gasteiger partial charge in [0.05, 0.1) is 19.3 Å². The van der Waals surface area contributed by atoms with Gasteiger partial charge >= 0.3 is 6.09 Å². The van der Waals surface area contributed by atoms with Gasteiger partial charge in [0.15, 0.2) is 0 Å². The minimum Gasteiger partial charge on any atom is -0.452 e. The largest absolute Gasteiger partial charge is 0.452 e. The molecule has 0 N–H and O–H groups in total. The van der Waals surface area contributed by atoms with E-state index in [9.17, 15) is 4.79 Å². The molecule has 3 aromatic carbocycles. The number of anilines is 1. The van der Waals surface area contributed by atoms with Gasteiger partial charge in [0.2, 0.25) is 0 Å². The molecule has 130 valence electrons. The summed E-state index contributed by atoms with van der Waals surface area (Å²) >= 11 is 6.56. The van der Waals surface area contributed by atoms with E-state index >= 15 is 0 Å². The summed E-state index contributed by atoms with van der Waals surface area (Å²) < 4.78 is 5.04. The lowest BCUT2D eigenvalue weighted by atomic mass is 9.83. The van der Waals surface area contributed by atoms with Gasteiger partial charge in [-0.05, 0) is 34.4 Å². The van der Waals surface area contributed by atoms with Gasteiger partial charge in [0.1, 0.15) is 0 Å². The summed E-state index contributed by atoms with van der Waals surface area (Å²) in [5.74, 6) is -0.0502. The van der Waals surface area contributed by atoms with Crippen LogP contribution in [0.25, 0.3) is 0 Å². The second kappa shape index (κ2) is 6.85. The average Bonchev–Trinajstić information content (AvgIpc) is 2.82. The van der Waals surface area contributed by atoms with Crippen LogP contribution >= 0.6 is 11.6 Å². The zero-order chi connectivity index (χ0) is 18.1. The van der Waals surface area contributed by atoms with Gasteiger partial charge in [0, 0.05) is 10.9 Å². The Labute approximate surface area is 157 Å². The molecule has 1 aliphatic heterocycles. The van der Waals surface area contributed by atoms with Crippen LogP contribution in [0.1, 0.15) is 28.2 Å². The maximum absolute atomic E-state index is 12.5. The molecule has 1 atom stereocenters. The highest BCUT2D eigenvalue weighted by Gasteiger charge is 2.31. The summed E-state index contributed by atoms with van der Waals surface area (Å²) in [6.07, 6.45) is -0.368. The molecule has 0 aliphatic carbocycles. The van der Waals surface area contributed by atoms with E-state index < -0.39 is 0 Å². The molecule has 1 heterocycles. The van der Waals surface area contributed by atoms with Crippen molar-refractivity contribution in [2.45, 2.75) is 12.5 Å². The fraction of sp³-hybridized carbons (Fsp3) is 0.136. The highest BCUT2D eigenvalue weighted by molar-refractivity contribution is 6.31. The second-order valence-electron chi connectivity index (χ2n) is 6.27. The Bertz CT molecular complexity index is 970. The van der Waals surface area contributed by atoms with E-state index in [1.807, 2.05) is 54.6 Å². The van der Waals surface area contributed by atoms with Crippen molar-refractivity contribution < 1.29 is 9.53 Å². The molecule has 0 saturated heterocycles. The molecule has 26 heavy (non-hydrogen) atoms. The Kier molecular flexibility index (Phi) is 4.39. The Morgan fingerprint density at radius 2 is 1.54 bits per heavy atom. The lowest BCUT2D eigenvalue weighted by Crippen LogP contribution is -2.30. The molecule has 0 saturated carbocycles. The predicted molar refractivity (Wildman–Crippen MR) is 104 cm³/mol. The van der Waals surface area contributed by atoms with Crippen LogP contribution in [0.3, 0.4) is 0 Å². The maximum Gasteiger partial charge on any atom is 0.414 e. The number of carbonyl (C=O) groups excluding carboxylic acids is 1. The number of hydrogen-bond acceptors (Lipinski definition) is 2. The molecular weight excluding hydrogens is 346 g/mol. The number of rotatable bonds is 1. The van der Waals surface area contributed by atoms with Gasteiger partial charge < -0.3 is 4.74 Å². The number of methoxy groups -OCH3 is 1. The van der Waals surface area contributed by atoms with Crippen molar-refractivity contribution >= 4 is 23.4 Å². The highest BCUT2D eigenvalue weighted by atomic mass is 35.5. The second-order valence-corrected chi connectivity index (χ2v) is 6.68. The first-order valence-electron chi connectivity index (χ1n) is 8.47. The third-order valence-corrected chi connectivity index (χ3v) is 5.19. The number of nitrogens with zero attached hydrogens (tertiary/aromatic N) is 1. The zero-order valence-electron chi connectivity index (χ0n) is 14.4. The van der Waals surface area contributed by atoms with Gasteiger partial charge in [-0.1, -0.05) is 72.3 Å². The van der Waals surface area contributed by atoms with Gasteiger partial charge in [-0.2, -0.15) is 0 Å². The van der Waals surface area contributed by atoms with Crippen molar-refractivity contribution in [3.63, 3.8) is 0 Å². The van der Waals surface area contributed by atoms with Crippen molar-refractivity contribution in [3.8, 4) is 0 Å². The third-order valence-electron chi connectivity index (χ3n) is 4.84. The summed E-state index contributed by atoms with van der Waals surface area (Å²) in [5, 5.41) is 0.716. The number of hydrogen-bond donors (Lipinski definition) is 0. The van der Waals surface area contributed by atoms with Crippen LogP contribution in [-0.4, -0.2) is 13.2 Å². The van der Waals surface area contributed by atoms with Crippen molar-refractivity contribution in [1.82, 2.24) is 0 Å². The topological polar surface area (TPSA) is 29.5 Å². The van der Waals surface area contributed by atoms with Crippen molar-refractivity contribution in [2.24, 2.45) is 0 Å². The first-order valence-corrected chi connectivity index (χ1v) is 8.85. The smallest absolute Gasteiger partial charge is 0.414 e. The van der Waals surface area contributed by atoms with Gasteiger partial charge in [-0.15, -0.1) is 0 Å². The number of ether oxygens (including phenoxy) is 1. The molecule has 0 bridgehead atoms. The molecule has 0 aromatic heterocycles. The van der Waals surface area contributed by atoms with Gasteiger partial charge in [0.25, 0.3) is 0 Å². The Balaban J connectivity index is 2.02. The number of benzene rings is 3.